The van der Waals surface area contributed by atoms with Crippen molar-refractivity contribution in [3.05, 3.63) is 24.4 Å². The molecule has 1 heterocycles. The predicted molar refractivity (Wildman–Crippen MR) is 46.5 cm³/mol. The van der Waals surface area contributed by atoms with Crippen LogP contribution in [0.25, 0.3) is 0 Å². The summed E-state index contributed by atoms with van der Waals surface area (Å²) in [7, 11) is 0. The molecular formula is C9H13NO2. The summed E-state index contributed by atoms with van der Waals surface area (Å²) in [5, 5.41) is 0. The van der Waals surface area contributed by atoms with Crippen LogP contribution in [0, 0.1) is 0 Å². The second kappa shape index (κ2) is 3.95. The third-order valence-electron chi connectivity index (χ3n) is 1.71. The molecule has 0 amide bonds. The lowest BCUT2D eigenvalue weighted by Gasteiger charge is -2.18. The molecule has 1 rings (SSSR count). The lowest BCUT2D eigenvalue weighted by Crippen LogP contribution is -2.23. The third kappa shape index (κ3) is 2.42. The van der Waals surface area contributed by atoms with Crippen LogP contribution in [0.3, 0.4) is 0 Å². The van der Waals surface area contributed by atoms with Crippen molar-refractivity contribution in [1.29, 1.82) is 0 Å². The number of allylic oxidation sites excluding steroid dienone is 1. The minimum absolute atomic E-state index is 0.229. The van der Waals surface area contributed by atoms with Crippen molar-refractivity contribution in [1.82, 2.24) is 4.90 Å². The molecule has 0 saturated heterocycles. The van der Waals surface area contributed by atoms with Crippen molar-refractivity contribution in [3.8, 4) is 0 Å². The van der Waals surface area contributed by atoms with Gasteiger partial charge in [-0.25, -0.2) is 0 Å². The van der Waals surface area contributed by atoms with Gasteiger partial charge in [-0.15, -0.1) is 0 Å². The van der Waals surface area contributed by atoms with E-state index in [1.54, 1.807) is 0 Å². The fourth-order valence-electron chi connectivity index (χ4n) is 1.07. The number of nitrogens with zero attached hydrogens (tertiary/aromatic N) is 1. The molecule has 0 aliphatic carbocycles. The zero-order chi connectivity index (χ0) is 8.97. The molecule has 1 aliphatic heterocycles. The van der Waals surface area contributed by atoms with E-state index in [2.05, 4.69) is 11.5 Å². The second-order valence-corrected chi connectivity index (χ2v) is 2.68. The molecule has 3 heteroatoms. The van der Waals surface area contributed by atoms with Gasteiger partial charge >= 0.3 is 5.97 Å². The Kier molecular flexibility index (Phi) is 2.91. The first kappa shape index (κ1) is 8.84. The number of esters is 1. The van der Waals surface area contributed by atoms with Crippen LogP contribution < -0.4 is 0 Å². The Morgan fingerprint density at radius 3 is 3.08 bits per heavy atom. The highest BCUT2D eigenvalue weighted by atomic mass is 16.5. The molecule has 0 bridgehead atoms. The summed E-state index contributed by atoms with van der Waals surface area (Å²) in [6, 6.07) is 0. The van der Waals surface area contributed by atoms with E-state index in [9.17, 15) is 4.79 Å². The monoisotopic (exact) mass is 167 g/mol. The largest absolute Gasteiger partial charge is 0.464 e. The lowest BCUT2D eigenvalue weighted by molar-refractivity contribution is -0.141. The third-order valence-corrected chi connectivity index (χ3v) is 1.71. The van der Waals surface area contributed by atoms with Gasteiger partial charge in [-0.2, -0.15) is 0 Å². The van der Waals surface area contributed by atoms with E-state index < -0.39 is 0 Å². The van der Waals surface area contributed by atoms with Gasteiger partial charge in [0.25, 0.3) is 0 Å². The summed E-state index contributed by atoms with van der Waals surface area (Å²) in [4.78, 5) is 12.5. The molecule has 0 radical (unpaired) electrons. The molecule has 0 aromatic heterocycles. The molecule has 0 unspecified atom stereocenters. The molecule has 0 aromatic carbocycles. The van der Waals surface area contributed by atoms with Crippen molar-refractivity contribution in [3.63, 3.8) is 0 Å². The molecular weight excluding hydrogens is 154 g/mol. The Balaban J connectivity index is 2.16. The van der Waals surface area contributed by atoms with Gasteiger partial charge in [0, 0.05) is 19.2 Å². The Labute approximate surface area is 72.3 Å². The van der Waals surface area contributed by atoms with Crippen molar-refractivity contribution in [2.24, 2.45) is 0 Å². The average molecular weight is 167 g/mol. The van der Waals surface area contributed by atoms with Crippen LogP contribution >= 0.6 is 0 Å². The first-order valence-electron chi connectivity index (χ1n) is 3.94. The maximum Gasteiger partial charge on any atom is 0.302 e. The minimum Gasteiger partial charge on any atom is -0.464 e. The molecule has 66 valence electrons. The summed E-state index contributed by atoms with van der Waals surface area (Å²) < 4.78 is 4.80. The van der Waals surface area contributed by atoms with Gasteiger partial charge in [-0.1, -0.05) is 12.7 Å². The van der Waals surface area contributed by atoms with E-state index in [0.717, 1.165) is 18.8 Å². The number of carbonyl (C=O) groups is 1. The van der Waals surface area contributed by atoms with Crippen LogP contribution in [0.1, 0.15) is 6.92 Å². The maximum absolute atomic E-state index is 10.4. The van der Waals surface area contributed by atoms with Gasteiger partial charge in [-0.05, 0) is 6.08 Å². The van der Waals surface area contributed by atoms with Gasteiger partial charge < -0.3 is 9.64 Å². The average Bonchev–Trinajstić information content (AvgIpc) is 2.36. The molecule has 12 heavy (non-hydrogen) atoms. The SMILES string of the molecule is C=C1C=CCN1CCOC(C)=O. The van der Waals surface area contributed by atoms with Gasteiger partial charge in [0.05, 0.1) is 6.54 Å². The zero-order valence-electron chi connectivity index (χ0n) is 7.25. The molecule has 0 spiro atoms. The van der Waals surface area contributed by atoms with Gasteiger partial charge in [-0.3, -0.25) is 4.79 Å². The summed E-state index contributed by atoms with van der Waals surface area (Å²) in [5.41, 5.74) is 0.988. The van der Waals surface area contributed by atoms with E-state index >= 15 is 0 Å². The van der Waals surface area contributed by atoms with Crippen LogP contribution in [0.5, 0.6) is 0 Å². The first-order valence-corrected chi connectivity index (χ1v) is 3.94. The molecule has 0 atom stereocenters. The predicted octanol–water partition coefficient (Wildman–Crippen LogP) is 0.935. The standard InChI is InChI=1S/C9H13NO2/c1-8-4-3-5-10(8)6-7-12-9(2)11/h3-4H,1,5-7H2,2H3. The van der Waals surface area contributed by atoms with Crippen LogP contribution in [-0.2, 0) is 9.53 Å². The maximum atomic E-state index is 10.4. The highest BCUT2D eigenvalue weighted by molar-refractivity contribution is 5.65. The molecule has 0 N–H and O–H groups in total. The van der Waals surface area contributed by atoms with Crippen molar-refractivity contribution >= 4 is 5.97 Å². The van der Waals surface area contributed by atoms with Gasteiger partial charge in [0.15, 0.2) is 0 Å². The summed E-state index contributed by atoms with van der Waals surface area (Å²) in [5.74, 6) is -0.229. The second-order valence-electron chi connectivity index (χ2n) is 2.68. The van der Waals surface area contributed by atoms with Crippen LogP contribution in [-0.4, -0.2) is 30.6 Å². The smallest absolute Gasteiger partial charge is 0.302 e. The Bertz CT molecular complexity index is 221. The molecule has 0 aromatic rings. The van der Waals surface area contributed by atoms with Crippen molar-refractivity contribution in [2.45, 2.75) is 6.92 Å². The highest BCUT2D eigenvalue weighted by Gasteiger charge is 2.08. The Morgan fingerprint density at radius 1 is 1.83 bits per heavy atom. The van der Waals surface area contributed by atoms with E-state index in [0.29, 0.717) is 6.61 Å². The fourth-order valence-corrected chi connectivity index (χ4v) is 1.07. The normalized spacial score (nSPS) is 15.4. The number of ether oxygens (including phenoxy) is 1. The molecule has 0 fully saturated rings. The summed E-state index contributed by atoms with van der Waals surface area (Å²) in [6.07, 6.45) is 4.00. The van der Waals surface area contributed by atoms with E-state index in [4.69, 9.17) is 4.74 Å². The van der Waals surface area contributed by atoms with Gasteiger partial charge in [0.2, 0.25) is 0 Å². The quantitative estimate of drug-likeness (QED) is 0.586. The lowest BCUT2D eigenvalue weighted by atomic mass is 10.4. The van der Waals surface area contributed by atoms with Crippen LogP contribution in [0.2, 0.25) is 0 Å². The van der Waals surface area contributed by atoms with E-state index in [1.165, 1.54) is 6.92 Å². The first-order chi connectivity index (χ1) is 5.70. The zero-order valence-corrected chi connectivity index (χ0v) is 7.25. The van der Waals surface area contributed by atoms with Crippen LogP contribution in [0.4, 0.5) is 0 Å². The van der Waals surface area contributed by atoms with Crippen LogP contribution in [0.15, 0.2) is 24.4 Å². The fraction of sp³-hybridized carbons (Fsp3) is 0.444. The number of rotatable bonds is 3. The number of hydrogen-bond acceptors (Lipinski definition) is 3. The number of carbonyl (C=O) groups excluding carboxylic acids is 1. The molecule has 3 nitrogen and oxygen atoms in total. The van der Waals surface area contributed by atoms with Gasteiger partial charge in [0.1, 0.15) is 6.61 Å². The minimum atomic E-state index is -0.229. The van der Waals surface area contributed by atoms with Crippen molar-refractivity contribution in [2.75, 3.05) is 19.7 Å². The Hall–Kier alpha value is -1.25. The molecule has 1 aliphatic rings. The highest BCUT2D eigenvalue weighted by Crippen LogP contribution is 2.09. The van der Waals surface area contributed by atoms with E-state index in [1.807, 2.05) is 12.2 Å². The van der Waals surface area contributed by atoms with Crippen molar-refractivity contribution < 1.29 is 9.53 Å². The van der Waals surface area contributed by atoms with E-state index in [-0.39, 0.29) is 5.97 Å². The number of hydrogen-bond donors (Lipinski definition) is 0. The summed E-state index contributed by atoms with van der Waals surface area (Å²) in [6.45, 7) is 7.29. The molecule has 0 saturated carbocycles. The summed E-state index contributed by atoms with van der Waals surface area (Å²) >= 11 is 0. The topological polar surface area (TPSA) is 29.5 Å². The Morgan fingerprint density at radius 2 is 2.58 bits per heavy atom.